The van der Waals surface area contributed by atoms with Crippen molar-refractivity contribution >= 4 is 15.9 Å². The van der Waals surface area contributed by atoms with Crippen molar-refractivity contribution in [3.63, 3.8) is 0 Å². The van der Waals surface area contributed by atoms with Crippen LogP contribution < -0.4 is 0 Å². The summed E-state index contributed by atoms with van der Waals surface area (Å²) >= 11 is 3.51. The van der Waals surface area contributed by atoms with E-state index in [1.807, 2.05) is 13.8 Å². The summed E-state index contributed by atoms with van der Waals surface area (Å²) in [7, 11) is 0. The molecule has 0 spiro atoms. The van der Waals surface area contributed by atoms with E-state index in [4.69, 9.17) is 0 Å². The Bertz CT molecular complexity index is 555. The maximum atomic E-state index is 13.8. The molecule has 0 nitrogen and oxygen atoms in total. The van der Waals surface area contributed by atoms with Crippen molar-refractivity contribution in [2.45, 2.75) is 18.7 Å². The summed E-state index contributed by atoms with van der Waals surface area (Å²) in [6.45, 7) is 3.67. The molecule has 0 amide bonds. The van der Waals surface area contributed by atoms with Crippen LogP contribution in [0.1, 0.15) is 27.1 Å². The van der Waals surface area contributed by atoms with E-state index >= 15 is 0 Å². The van der Waals surface area contributed by atoms with Crippen molar-refractivity contribution in [2.75, 3.05) is 0 Å². The lowest BCUT2D eigenvalue weighted by atomic mass is 9.95. The summed E-state index contributed by atoms with van der Waals surface area (Å²) in [6, 6.07) is 9.55. The van der Waals surface area contributed by atoms with Crippen molar-refractivity contribution < 1.29 is 8.78 Å². The van der Waals surface area contributed by atoms with Crippen LogP contribution in [0.3, 0.4) is 0 Å². The lowest BCUT2D eigenvalue weighted by Crippen LogP contribution is -2.02. The largest absolute Gasteiger partial charge is 0.207 e. The molecule has 2 aromatic rings. The van der Waals surface area contributed by atoms with E-state index < -0.39 is 0 Å². The van der Waals surface area contributed by atoms with Gasteiger partial charge in [0.1, 0.15) is 11.6 Å². The molecule has 0 aromatic heterocycles. The van der Waals surface area contributed by atoms with Crippen molar-refractivity contribution in [1.29, 1.82) is 0 Å². The summed E-state index contributed by atoms with van der Waals surface area (Å²) in [5.41, 5.74) is 3.12. The predicted octanol–water partition coefficient (Wildman–Crippen LogP) is 5.07. The highest BCUT2D eigenvalue weighted by atomic mass is 79.9. The maximum absolute atomic E-state index is 13.8. The Hall–Kier alpha value is -1.22. The monoisotopic (exact) mass is 310 g/mol. The second kappa shape index (κ2) is 5.19. The highest BCUT2D eigenvalue weighted by Gasteiger charge is 2.18. The van der Waals surface area contributed by atoms with Gasteiger partial charge in [-0.3, -0.25) is 0 Å². The van der Waals surface area contributed by atoms with Gasteiger partial charge in [-0.25, -0.2) is 8.78 Å². The van der Waals surface area contributed by atoms with Crippen LogP contribution in [-0.4, -0.2) is 0 Å². The fraction of sp³-hybridized carbons (Fsp3) is 0.200. The molecule has 3 heteroatoms. The van der Waals surface area contributed by atoms with Gasteiger partial charge in [-0.15, -0.1) is 0 Å². The third-order valence-electron chi connectivity index (χ3n) is 2.99. The highest BCUT2D eigenvalue weighted by Crippen LogP contribution is 2.36. The van der Waals surface area contributed by atoms with Gasteiger partial charge in [0.2, 0.25) is 0 Å². The van der Waals surface area contributed by atoms with Crippen LogP contribution in [0, 0.1) is 25.5 Å². The lowest BCUT2D eigenvalue weighted by molar-refractivity contribution is 0.612. The van der Waals surface area contributed by atoms with Crippen molar-refractivity contribution in [2.24, 2.45) is 0 Å². The smallest absolute Gasteiger partial charge is 0.127 e. The van der Waals surface area contributed by atoms with E-state index in [1.54, 1.807) is 18.2 Å². The average Bonchev–Trinajstić information content (AvgIpc) is 2.27. The molecule has 0 aliphatic rings. The summed E-state index contributed by atoms with van der Waals surface area (Å²) in [6.07, 6.45) is 0. The van der Waals surface area contributed by atoms with Crippen molar-refractivity contribution in [1.82, 2.24) is 0 Å². The second-order valence-corrected chi connectivity index (χ2v) is 5.25. The van der Waals surface area contributed by atoms with E-state index in [9.17, 15) is 8.78 Å². The molecule has 0 radical (unpaired) electrons. The van der Waals surface area contributed by atoms with E-state index in [0.29, 0.717) is 5.56 Å². The molecule has 1 atom stereocenters. The molecule has 0 fully saturated rings. The normalized spacial score (nSPS) is 12.5. The Kier molecular flexibility index (Phi) is 3.81. The molecule has 0 aliphatic carbocycles. The molecule has 94 valence electrons. The minimum atomic E-state index is -0.265. The number of rotatable bonds is 2. The number of benzene rings is 2. The quantitative estimate of drug-likeness (QED) is 0.680. The minimum absolute atomic E-state index is 0.262. The van der Waals surface area contributed by atoms with Gasteiger partial charge >= 0.3 is 0 Å². The van der Waals surface area contributed by atoms with Gasteiger partial charge in [0, 0.05) is 5.56 Å². The van der Waals surface area contributed by atoms with Crippen LogP contribution in [0.4, 0.5) is 8.78 Å². The van der Waals surface area contributed by atoms with Crippen LogP contribution >= 0.6 is 15.9 Å². The molecule has 0 N–H and O–H groups in total. The van der Waals surface area contributed by atoms with Gasteiger partial charge < -0.3 is 0 Å². The summed E-state index contributed by atoms with van der Waals surface area (Å²) in [5.74, 6) is -0.524. The van der Waals surface area contributed by atoms with Crippen LogP contribution in [0.15, 0.2) is 36.4 Å². The lowest BCUT2D eigenvalue weighted by Gasteiger charge is -2.17. The summed E-state index contributed by atoms with van der Waals surface area (Å²) in [4.78, 5) is -0.265. The zero-order valence-electron chi connectivity index (χ0n) is 10.2. The number of aryl methyl sites for hydroxylation is 2. The zero-order valence-corrected chi connectivity index (χ0v) is 11.8. The zero-order chi connectivity index (χ0) is 13.3. The van der Waals surface area contributed by atoms with E-state index in [-0.39, 0.29) is 16.5 Å². The highest BCUT2D eigenvalue weighted by molar-refractivity contribution is 9.09. The molecular formula is C15H13BrF2. The first-order chi connectivity index (χ1) is 8.50. The van der Waals surface area contributed by atoms with Gasteiger partial charge in [-0.1, -0.05) is 34.1 Å². The fourth-order valence-corrected chi connectivity index (χ4v) is 3.25. The SMILES string of the molecule is Cc1cc(F)cc(C)c1C(Br)c1ccccc1F. The Morgan fingerprint density at radius 2 is 1.56 bits per heavy atom. The van der Waals surface area contributed by atoms with Gasteiger partial charge in [0.15, 0.2) is 0 Å². The van der Waals surface area contributed by atoms with E-state index in [2.05, 4.69) is 15.9 Å². The Balaban J connectivity index is 2.53. The molecule has 0 heterocycles. The molecule has 0 bridgehead atoms. The van der Waals surface area contributed by atoms with Gasteiger partial charge in [-0.2, -0.15) is 0 Å². The first kappa shape index (κ1) is 13.2. The second-order valence-electron chi connectivity index (χ2n) is 4.34. The fourth-order valence-electron chi connectivity index (χ4n) is 2.16. The standard InChI is InChI=1S/C15H13BrF2/c1-9-7-11(17)8-10(2)14(9)15(16)12-5-3-4-6-13(12)18/h3-8,15H,1-2H3. The van der Waals surface area contributed by atoms with Gasteiger partial charge in [0.05, 0.1) is 4.83 Å². The molecule has 2 aromatic carbocycles. The van der Waals surface area contributed by atoms with Crippen LogP contribution in [-0.2, 0) is 0 Å². The van der Waals surface area contributed by atoms with E-state index in [0.717, 1.165) is 16.7 Å². The third-order valence-corrected chi connectivity index (χ3v) is 3.94. The Labute approximate surface area is 114 Å². The number of halogens is 3. The van der Waals surface area contributed by atoms with Crippen LogP contribution in [0.2, 0.25) is 0 Å². The molecule has 1 unspecified atom stereocenters. The van der Waals surface area contributed by atoms with Crippen molar-refractivity contribution in [3.05, 3.63) is 70.3 Å². The molecule has 0 aliphatic heterocycles. The average molecular weight is 311 g/mol. The van der Waals surface area contributed by atoms with E-state index in [1.165, 1.54) is 18.2 Å². The Morgan fingerprint density at radius 3 is 2.11 bits per heavy atom. The van der Waals surface area contributed by atoms with Gasteiger partial charge in [0.25, 0.3) is 0 Å². The first-order valence-corrected chi connectivity index (χ1v) is 6.57. The third kappa shape index (κ3) is 2.46. The van der Waals surface area contributed by atoms with Crippen molar-refractivity contribution in [3.8, 4) is 0 Å². The molecule has 2 rings (SSSR count). The molecule has 18 heavy (non-hydrogen) atoms. The number of hydrogen-bond acceptors (Lipinski definition) is 0. The first-order valence-electron chi connectivity index (χ1n) is 5.66. The summed E-state index contributed by atoms with van der Waals surface area (Å²) < 4.78 is 27.0. The minimum Gasteiger partial charge on any atom is -0.207 e. The number of hydrogen-bond donors (Lipinski definition) is 0. The number of alkyl halides is 1. The van der Waals surface area contributed by atoms with Gasteiger partial charge in [-0.05, 0) is 48.7 Å². The molecule has 0 saturated heterocycles. The summed E-state index contributed by atoms with van der Waals surface area (Å²) in [5, 5.41) is 0. The Morgan fingerprint density at radius 1 is 1.00 bits per heavy atom. The molecular weight excluding hydrogens is 298 g/mol. The predicted molar refractivity (Wildman–Crippen MR) is 73.0 cm³/mol. The topological polar surface area (TPSA) is 0 Å². The van der Waals surface area contributed by atoms with Crippen LogP contribution in [0.5, 0.6) is 0 Å². The van der Waals surface area contributed by atoms with Crippen LogP contribution in [0.25, 0.3) is 0 Å². The molecule has 0 saturated carbocycles. The maximum Gasteiger partial charge on any atom is 0.127 e.